The predicted molar refractivity (Wildman–Crippen MR) is 104 cm³/mol. The number of hydrogen-bond acceptors (Lipinski definition) is 5. The van der Waals surface area contributed by atoms with Crippen LogP contribution in [0.25, 0.3) is 11.3 Å². The van der Waals surface area contributed by atoms with Crippen molar-refractivity contribution in [1.82, 2.24) is 15.2 Å². The van der Waals surface area contributed by atoms with E-state index in [0.29, 0.717) is 18.0 Å². The Morgan fingerprint density at radius 3 is 2.96 bits per heavy atom. The number of hydrogen-bond donors (Lipinski definition) is 2. The van der Waals surface area contributed by atoms with E-state index in [1.807, 2.05) is 24.4 Å². The lowest BCUT2D eigenvalue weighted by atomic mass is 10.1. The van der Waals surface area contributed by atoms with Crippen LogP contribution in [0, 0.1) is 0 Å². The molecular formula is C21H28N4O. The number of methoxy groups -OCH3 is 1. The lowest BCUT2D eigenvalue weighted by Gasteiger charge is -2.15. The SMILES string of the molecule is COc1cccc(-c2ccc(C3CC3NCCN3CCC(N)C3)cn2)c1. The van der Waals surface area contributed by atoms with E-state index in [9.17, 15) is 0 Å². The van der Waals surface area contributed by atoms with E-state index in [0.717, 1.165) is 49.6 Å². The Kier molecular flexibility index (Phi) is 5.20. The minimum Gasteiger partial charge on any atom is -0.497 e. The van der Waals surface area contributed by atoms with Gasteiger partial charge in [0.25, 0.3) is 0 Å². The summed E-state index contributed by atoms with van der Waals surface area (Å²) in [5, 5.41) is 3.68. The van der Waals surface area contributed by atoms with Crippen LogP contribution in [0.3, 0.4) is 0 Å². The number of aromatic nitrogens is 1. The standard InChI is InChI=1S/C21H28N4O/c1-26-18-4-2-3-15(11-18)20-6-5-16(13-24-20)19-12-21(19)23-8-10-25-9-7-17(22)14-25/h2-6,11,13,17,19,21,23H,7-10,12,14,22H2,1H3. The van der Waals surface area contributed by atoms with Crippen molar-refractivity contribution in [1.29, 1.82) is 0 Å². The Morgan fingerprint density at radius 2 is 2.23 bits per heavy atom. The van der Waals surface area contributed by atoms with Gasteiger partial charge in [0, 0.05) is 49.4 Å². The van der Waals surface area contributed by atoms with Gasteiger partial charge < -0.3 is 20.7 Å². The fourth-order valence-corrected chi connectivity index (χ4v) is 3.84. The molecule has 0 amide bonds. The van der Waals surface area contributed by atoms with Gasteiger partial charge in [0.15, 0.2) is 0 Å². The van der Waals surface area contributed by atoms with E-state index in [2.05, 4.69) is 33.4 Å². The van der Waals surface area contributed by atoms with Crippen molar-refractivity contribution >= 4 is 0 Å². The molecule has 0 bridgehead atoms. The van der Waals surface area contributed by atoms with Crippen LogP contribution in [0.1, 0.15) is 24.3 Å². The zero-order valence-corrected chi connectivity index (χ0v) is 15.4. The Labute approximate surface area is 155 Å². The van der Waals surface area contributed by atoms with Gasteiger partial charge in [0.05, 0.1) is 12.8 Å². The maximum absolute atomic E-state index is 5.96. The summed E-state index contributed by atoms with van der Waals surface area (Å²) in [6.07, 6.45) is 4.37. The number of nitrogens with two attached hydrogens (primary N) is 1. The molecule has 2 aromatic rings. The molecule has 1 aromatic heterocycles. The van der Waals surface area contributed by atoms with Crippen molar-refractivity contribution in [3.05, 3.63) is 48.2 Å². The molecule has 0 spiro atoms. The third-order valence-electron chi connectivity index (χ3n) is 5.51. The first kappa shape index (κ1) is 17.5. The van der Waals surface area contributed by atoms with Crippen molar-refractivity contribution in [3.8, 4) is 17.0 Å². The summed E-state index contributed by atoms with van der Waals surface area (Å²) >= 11 is 0. The largest absolute Gasteiger partial charge is 0.497 e. The molecule has 4 rings (SSSR count). The molecule has 2 aliphatic rings. The average molecular weight is 352 g/mol. The van der Waals surface area contributed by atoms with Crippen LogP contribution in [-0.2, 0) is 0 Å². The van der Waals surface area contributed by atoms with Crippen LogP contribution >= 0.6 is 0 Å². The molecule has 1 saturated heterocycles. The highest BCUT2D eigenvalue weighted by molar-refractivity contribution is 5.61. The molecule has 3 unspecified atom stereocenters. The van der Waals surface area contributed by atoms with E-state index in [1.54, 1.807) is 7.11 Å². The van der Waals surface area contributed by atoms with Gasteiger partial charge in [-0.2, -0.15) is 0 Å². The van der Waals surface area contributed by atoms with Crippen molar-refractivity contribution in [2.24, 2.45) is 5.73 Å². The minimum absolute atomic E-state index is 0.373. The number of benzene rings is 1. The molecule has 1 aliphatic heterocycles. The Balaban J connectivity index is 1.28. The fourth-order valence-electron chi connectivity index (χ4n) is 3.84. The summed E-state index contributed by atoms with van der Waals surface area (Å²) in [5.74, 6) is 1.46. The van der Waals surface area contributed by atoms with Gasteiger partial charge in [-0.15, -0.1) is 0 Å². The number of nitrogens with one attached hydrogen (secondary N) is 1. The second kappa shape index (κ2) is 7.74. The molecule has 1 aromatic carbocycles. The zero-order valence-electron chi connectivity index (χ0n) is 15.4. The third kappa shape index (κ3) is 4.06. The number of likely N-dealkylation sites (tertiary alicyclic amines) is 1. The second-order valence-electron chi connectivity index (χ2n) is 7.46. The minimum atomic E-state index is 0.373. The lowest BCUT2D eigenvalue weighted by Crippen LogP contribution is -2.33. The van der Waals surface area contributed by atoms with Gasteiger partial charge in [-0.1, -0.05) is 18.2 Å². The summed E-state index contributed by atoms with van der Waals surface area (Å²) in [6.45, 7) is 4.34. The highest BCUT2D eigenvalue weighted by Gasteiger charge is 2.38. The highest BCUT2D eigenvalue weighted by atomic mass is 16.5. The third-order valence-corrected chi connectivity index (χ3v) is 5.51. The van der Waals surface area contributed by atoms with Gasteiger partial charge in [-0.05, 0) is 43.1 Å². The maximum Gasteiger partial charge on any atom is 0.119 e. The van der Waals surface area contributed by atoms with Crippen molar-refractivity contribution < 1.29 is 4.74 Å². The Hall–Kier alpha value is -1.95. The van der Waals surface area contributed by atoms with E-state index in [1.165, 1.54) is 12.0 Å². The Morgan fingerprint density at radius 1 is 1.31 bits per heavy atom. The van der Waals surface area contributed by atoms with Crippen LogP contribution in [-0.4, -0.2) is 55.3 Å². The van der Waals surface area contributed by atoms with Crippen LogP contribution in [0.2, 0.25) is 0 Å². The first-order chi connectivity index (χ1) is 12.7. The molecule has 5 heteroatoms. The first-order valence-corrected chi connectivity index (χ1v) is 9.54. The van der Waals surface area contributed by atoms with Crippen LogP contribution in [0.15, 0.2) is 42.6 Å². The number of rotatable bonds is 7. The van der Waals surface area contributed by atoms with E-state index in [-0.39, 0.29) is 0 Å². The Bertz CT molecular complexity index is 733. The van der Waals surface area contributed by atoms with E-state index in [4.69, 9.17) is 10.5 Å². The van der Waals surface area contributed by atoms with Gasteiger partial charge in [0.2, 0.25) is 0 Å². The molecule has 1 saturated carbocycles. The van der Waals surface area contributed by atoms with Crippen LogP contribution in [0.5, 0.6) is 5.75 Å². The first-order valence-electron chi connectivity index (χ1n) is 9.54. The topological polar surface area (TPSA) is 63.4 Å². The van der Waals surface area contributed by atoms with E-state index >= 15 is 0 Å². The monoisotopic (exact) mass is 352 g/mol. The molecule has 0 radical (unpaired) electrons. The molecule has 138 valence electrons. The number of pyridine rings is 1. The smallest absolute Gasteiger partial charge is 0.119 e. The molecule has 2 fully saturated rings. The highest BCUT2D eigenvalue weighted by Crippen LogP contribution is 2.40. The van der Waals surface area contributed by atoms with Gasteiger partial charge >= 0.3 is 0 Å². The maximum atomic E-state index is 5.96. The molecule has 3 N–H and O–H groups in total. The molecule has 2 heterocycles. The van der Waals surface area contributed by atoms with Gasteiger partial charge in [-0.3, -0.25) is 4.98 Å². The van der Waals surface area contributed by atoms with Crippen LogP contribution in [0.4, 0.5) is 0 Å². The molecular weight excluding hydrogens is 324 g/mol. The number of ether oxygens (including phenoxy) is 1. The molecule has 5 nitrogen and oxygen atoms in total. The van der Waals surface area contributed by atoms with Crippen molar-refractivity contribution in [3.63, 3.8) is 0 Å². The van der Waals surface area contributed by atoms with Crippen molar-refractivity contribution in [2.75, 3.05) is 33.3 Å². The fraction of sp³-hybridized carbons (Fsp3) is 0.476. The summed E-state index contributed by atoms with van der Waals surface area (Å²) in [7, 11) is 1.69. The normalized spacial score (nSPS) is 25.4. The predicted octanol–water partition coefficient (Wildman–Crippen LogP) is 2.24. The van der Waals surface area contributed by atoms with Crippen LogP contribution < -0.4 is 15.8 Å². The summed E-state index contributed by atoms with van der Waals surface area (Å²) in [5.41, 5.74) is 9.37. The van der Waals surface area contributed by atoms with E-state index < -0.39 is 0 Å². The van der Waals surface area contributed by atoms with Gasteiger partial charge in [0.1, 0.15) is 5.75 Å². The summed E-state index contributed by atoms with van der Waals surface area (Å²) in [6, 6.07) is 13.3. The average Bonchev–Trinajstić information content (AvgIpc) is 3.34. The summed E-state index contributed by atoms with van der Waals surface area (Å²) in [4.78, 5) is 7.12. The quantitative estimate of drug-likeness (QED) is 0.800. The molecule has 26 heavy (non-hydrogen) atoms. The lowest BCUT2D eigenvalue weighted by molar-refractivity contribution is 0.331. The van der Waals surface area contributed by atoms with Crippen molar-refractivity contribution in [2.45, 2.75) is 30.8 Å². The number of nitrogens with zero attached hydrogens (tertiary/aromatic N) is 2. The molecule has 1 aliphatic carbocycles. The summed E-state index contributed by atoms with van der Waals surface area (Å²) < 4.78 is 5.30. The molecule has 3 atom stereocenters. The van der Waals surface area contributed by atoms with Gasteiger partial charge in [-0.25, -0.2) is 0 Å². The zero-order chi connectivity index (χ0) is 17.9. The second-order valence-corrected chi connectivity index (χ2v) is 7.46.